The Morgan fingerprint density at radius 1 is 1.17 bits per heavy atom. The molecule has 122 valence electrons. The molecule has 0 heterocycles. The molecule has 2 rings (SSSR count). The van der Waals surface area contributed by atoms with Crippen molar-refractivity contribution in [3.8, 4) is 5.75 Å². The highest BCUT2D eigenvalue weighted by Gasteiger charge is 2.13. The highest BCUT2D eigenvalue weighted by atomic mass is 127. The Balaban J connectivity index is 1.91. The standard InChI is InChI=1S/C18H19BrINO2/c1-18(2,3)12-4-7-14(8-5-12)23-11-17(22)21-16-9-6-13(19)10-15(16)20/h4-10H,11H2,1-3H3,(H,21,22). The molecule has 0 unspecified atom stereocenters. The zero-order chi connectivity index (χ0) is 17.0. The fraction of sp³-hybridized carbons (Fsp3) is 0.278. The van der Waals surface area contributed by atoms with Crippen LogP contribution in [0.15, 0.2) is 46.9 Å². The van der Waals surface area contributed by atoms with Crippen LogP contribution in [-0.2, 0) is 10.2 Å². The molecular formula is C18H19BrINO2. The molecule has 2 aromatic carbocycles. The van der Waals surface area contributed by atoms with Gasteiger partial charge in [-0.1, -0.05) is 48.8 Å². The van der Waals surface area contributed by atoms with E-state index < -0.39 is 0 Å². The Morgan fingerprint density at radius 3 is 2.39 bits per heavy atom. The van der Waals surface area contributed by atoms with Crippen molar-refractivity contribution in [1.82, 2.24) is 0 Å². The predicted molar refractivity (Wildman–Crippen MR) is 106 cm³/mol. The molecular weight excluding hydrogens is 469 g/mol. The maximum Gasteiger partial charge on any atom is 0.262 e. The molecule has 0 spiro atoms. The quantitative estimate of drug-likeness (QED) is 0.589. The van der Waals surface area contributed by atoms with Crippen LogP contribution in [0.2, 0.25) is 0 Å². The number of nitrogens with one attached hydrogen (secondary N) is 1. The van der Waals surface area contributed by atoms with Gasteiger partial charge in [0.15, 0.2) is 6.61 Å². The average molecular weight is 488 g/mol. The van der Waals surface area contributed by atoms with Gasteiger partial charge in [-0.2, -0.15) is 0 Å². The first-order chi connectivity index (χ1) is 10.8. The number of amides is 1. The van der Waals surface area contributed by atoms with E-state index in [0.29, 0.717) is 5.75 Å². The van der Waals surface area contributed by atoms with Crippen LogP contribution in [0.25, 0.3) is 0 Å². The van der Waals surface area contributed by atoms with Gasteiger partial charge in [-0.3, -0.25) is 4.79 Å². The van der Waals surface area contributed by atoms with E-state index in [9.17, 15) is 4.79 Å². The molecule has 0 aliphatic rings. The summed E-state index contributed by atoms with van der Waals surface area (Å²) >= 11 is 5.59. The van der Waals surface area contributed by atoms with Crippen molar-refractivity contribution in [2.75, 3.05) is 11.9 Å². The van der Waals surface area contributed by atoms with Crippen LogP contribution in [0.3, 0.4) is 0 Å². The number of halogens is 2. The van der Waals surface area contributed by atoms with Crippen LogP contribution in [0.4, 0.5) is 5.69 Å². The third-order valence-corrected chi connectivity index (χ3v) is 4.68. The number of carbonyl (C=O) groups is 1. The van der Waals surface area contributed by atoms with Gasteiger partial charge in [-0.15, -0.1) is 0 Å². The molecule has 0 aromatic heterocycles. The van der Waals surface area contributed by atoms with Gasteiger partial charge in [0.2, 0.25) is 0 Å². The van der Waals surface area contributed by atoms with Crippen LogP contribution >= 0.6 is 38.5 Å². The molecule has 2 aromatic rings. The van der Waals surface area contributed by atoms with E-state index in [1.165, 1.54) is 5.56 Å². The maximum absolute atomic E-state index is 12.0. The van der Waals surface area contributed by atoms with E-state index in [2.05, 4.69) is 64.6 Å². The first kappa shape index (κ1) is 18.3. The summed E-state index contributed by atoms with van der Waals surface area (Å²) in [6.07, 6.45) is 0. The average Bonchev–Trinajstić information content (AvgIpc) is 2.47. The number of anilines is 1. The summed E-state index contributed by atoms with van der Waals surface area (Å²) in [6.45, 7) is 6.48. The highest BCUT2D eigenvalue weighted by Crippen LogP contribution is 2.25. The second-order valence-corrected chi connectivity index (χ2v) is 8.31. The molecule has 3 nitrogen and oxygen atoms in total. The zero-order valence-electron chi connectivity index (χ0n) is 13.3. The summed E-state index contributed by atoms with van der Waals surface area (Å²) < 4.78 is 7.50. The van der Waals surface area contributed by atoms with Crippen molar-refractivity contribution in [2.24, 2.45) is 0 Å². The Hall–Kier alpha value is -1.08. The normalized spacial score (nSPS) is 11.2. The SMILES string of the molecule is CC(C)(C)c1ccc(OCC(=O)Nc2ccc(Br)cc2I)cc1. The minimum Gasteiger partial charge on any atom is -0.484 e. The number of hydrogen-bond acceptors (Lipinski definition) is 2. The molecule has 0 saturated carbocycles. The Labute approximate surface area is 159 Å². The lowest BCUT2D eigenvalue weighted by atomic mass is 9.87. The lowest BCUT2D eigenvalue weighted by molar-refractivity contribution is -0.118. The van der Waals surface area contributed by atoms with Gasteiger partial charge in [0.05, 0.1) is 5.69 Å². The monoisotopic (exact) mass is 487 g/mol. The Kier molecular flexibility index (Phi) is 6.08. The topological polar surface area (TPSA) is 38.3 Å². The van der Waals surface area contributed by atoms with Gasteiger partial charge in [0.25, 0.3) is 5.91 Å². The first-order valence-corrected chi connectivity index (χ1v) is 9.11. The molecule has 0 atom stereocenters. The van der Waals surface area contributed by atoms with E-state index in [1.54, 1.807) is 0 Å². The minimum atomic E-state index is -0.176. The molecule has 0 saturated heterocycles. The summed E-state index contributed by atoms with van der Waals surface area (Å²) in [7, 11) is 0. The predicted octanol–water partition coefficient (Wildman–Crippen LogP) is 5.37. The molecule has 23 heavy (non-hydrogen) atoms. The van der Waals surface area contributed by atoms with Crippen molar-refractivity contribution in [3.05, 3.63) is 56.1 Å². The largest absolute Gasteiger partial charge is 0.484 e. The molecule has 0 radical (unpaired) electrons. The lowest BCUT2D eigenvalue weighted by Gasteiger charge is -2.19. The Bertz CT molecular complexity index is 693. The summed E-state index contributed by atoms with van der Waals surface area (Å²) in [5.74, 6) is 0.517. The van der Waals surface area contributed by atoms with E-state index in [1.807, 2.05) is 42.5 Å². The molecule has 0 aliphatic carbocycles. The van der Waals surface area contributed by atoms with E-state index >= 15 is 0 Å². The van der Waals surface area contributed by atoms with Crippen molar-refractivity contribution in [2.45, 2.75) is 26.2 Å². The van der Waals surface area contributed by atoms with Gasteiger partial charge in [-0.05, 0) is 63.9 Å². The molecule has 5 heteroatoms. The molecule has 1 amide bonds. The van der Waals surface area contributed by atoms with Crippen LogP contribution < -0.4 is 10.1 Å². The van der Waals surface area contributed by atoms with Crippen molar-refractivity contribution >= 4 is 50.1 Å². The summed E-state index contributed by atoms with van der Waals surface area (Å²) in [5, 5.41) is 2.85. The van der Waals surface area contributed by atoms with Crippen LogP contribution in [-0.4, -0.2) is 12.5 Å². The third-order valence-electron chi connectivity index (χ3n) is 3.30. The van der Waals surface area contributed by atoms with Crippen molar-refractivity contribution in [3.63, 3.8) is 0 Å². The number of rotatable bonds is 4. The lowest BCUT2D eigenvalue weighted by Crippen LogP contribution is -2.20. The number of benzene rings is 2. The fourth-order valence-corrected chi connectivity index (χ4v) is 3.42. The second kappa shape index (κ2) is 7.66. The fourth-order valence-electron chi connectivity index (χ4n) is 1.98. The zero-order valence-corrected chi connectivity index (χ0v) is 17.1. The smallest absolute Gasteiger partial charge is 0.262 e. The first-order valence-electron chi connectivity index (χ1n) is 7.24. The maximum atomic E-state index is 12.0. The second-order valence-electron chi connectivity index (χ2n) is 6.24. The van der Waals surface area contributed by atoms with Crippen LogP contribution in [0, 0.1) is 3.57 Å². The molecule has 0 bridgehead atoms. The van der Waals surface area contributed by atoms with Gasteiger partial charge in [0, 0.05) is 8.04 Å². The highest BCUT2D eigenvalue weighted by molar-refractivity contribution is 14.1. The third kappa shape index (κ3) is 5.49. The van der Waals surface area contributed by atoms with E-state index in [4.69, 9.17) is 4.74 Å². The molecule has 0 aliphatic heterocycles. The Morgan fingerprint density at radius 2 is 1.83 bits per heavy atom. The molecule has 0 fully saturated rings. The van der Waals surface area contributed by atoms with Gasteiger partial charge >= 0.3 is 0 Å². The van der Waals surface area contributed by atoms with Crippen molar-refractivity contribution in [1.29, 1.82) is 0 Å². The summed E-state index contributed by atoms with van der Waals surface area (Å²) in [6, 6.07) is 13.6. The van der Waals surface area contributed by atoms with Gasteiger partial charge < -0.3 is 10.1 Å². The molecule has 1 N–H and O–H groups in total. The van der Waals surface area contributed by atoms with E-state index in [0.717, 1.165) is 13.7 Å². The summed E-state index contributed by atoms with van der Waals surface area (Å²) in [4.78, 5) is 12.0. The number of carbonyl (C=O) groups excluding carboxylic acids is 1. The minimum absolute atomic E-state index is 0.0129. The van der Waals surface area contributed by atoms with Gasteiger partial charge in [-0.25, -0.2) is 0 Å². The number of ether oxygens (including phenoxy) is 1. The number of hydrogen-bond donors (Lipinski definition) is 1. The van der Waals surface area contributed by atoms with E-state index in [-0.39, 0.29) is 17.9 Å². The van der Waals surface area contributed by atoms with Crippen LogP contribution in [0.5, 0.6) is 5.75 Å². The van der Waals surface area contributed by atoms with Gasteiger partial charge in [0.1, 0.15) is 5.75 Å². The van der Waals surface area contributed by atoms with Crippen LogP contribution in [0.1, 0.15) is 26.3 Å². The van der Waals surface area contributed by atoms with Crippen molar-refractivity contribution < 1.29 is 9.53 Å². The summed E-state index contributed by atoms with van der Waals surface area (Å²) in [5.41, 5.74) is 2.12.